The van der Waals surface area contributed by atoms with Gasteiger partial charge in [-0.25, -0.2) is 8.42 Å². The van der Waals surface area contributed by atoms with Gasteiger partial charge in [-0.15, -0.1) is 0 Å². The fourth-order valence-corrected chi connectivity index (χ4v) is 4.62. The summed E-state index contributed by atoms with van der Waals surface area (Å²) in [4.78, 5) is 16.1. The Kier molecular flexibility index (Phi) is 9.85. The summed E-state index contributed by atoms with van der Waals surface area (Å²) >= 11 is 0. The molecule has 1 heterocycles. The van der Waals surface area contributed by atoms with Crippen LogP contribution in [0.25, 0.3) is 6.08 Å². The van der Waals surface area contributed by atoms with Crippen LogP contribution in [0.1, 0.15) is 43.2 Å². The molecule has 0 saturated carbocycles. The summed E-state index contributed by atoms with van der Waals surface area (Å²) in [5.74, 6) is -0.0968. The second-order valence-corrected chi connectivity index (χ2v) is 9.73. The van der Waals surface area contributed by atoms with E-state index in [1.54, 1.807) is 60.9 Å². The van der Waals surface area contributed by atoms with Gasteiger partial charge in [-0.2, -0.15) is 0 Å². The average molecular weight is 478 g/mol. The maximum Gasteiger partial charge on any atom is 0.261 e. The van der Waals surface area contributed by atoms with Crippen LogP contribution < -0.4 is 10.0 Å². The van der Waals surface area contributed by atoms with Crippen molar-refractivity contribution in [2.45, 2.75) is 43.4 Å². The Balaban J connectivity index is 1.31. The molecule has 0 aliphatic rings. The molecule has 1 amide bonds. The summed E-state index contributed by atoms with van der Waals surface area (Å²) < 4.78 is 27.9. The zero-order valence-corrected chi connectivity index (χ0v) is 20.0. The lowest BCUT2D eigenvalue weighted by Gasteiger charge is -2.09. The van der Waals surface area contributed by atoms with Crippen LogP contribution in [0.5, 0.6) is 0 Å². The average Bonchev–Trinajstić information content (AvgIpc) is 2.85. The Morgan fingerprint density at radius 3 is 2.47 bits per heavy atom. The first kappa shape index (κ1) is 25.2. The number of nitrogens with zero attached hydrogens (tertiary/aromatic N) is 1. The van der Waals surface area contributed by atoms with Gasteiger partial charge in [-0.1, -0.05) is 55.7 Å². The number of aromatic nitrogens is 1. The number of amides is 1. The molecule has 2 N–H and O–H groups in total. The highest BCUT2D eigenvalue weighted by Gasteiger charge is 2.14. The highest BCUT2D eigenvalue weighted by atomic mass is 32.2. The van der Waals surface area contributed by atoms with Crippen molar-refractivity contribution in [3.8, 4) is 0 Å². The Morgan fingerprint density at radius 2 is 1.68 bits per heavy atom. The van der Waals surface area contributed by atoms with E-state index in [-0.39, 0.29) is 10.8 Å². The van der Waals surface area contributed by atoms with Gasteiger partial charge in [0, 0.05) is 30.7 Å². The molecule has 0 spiro atoms. The first-order chi connectivity index (χ1) is 16.5. The number of nitrogens with one attached hydrogen (secondary N) is 2. The molecule has 0 aliphatic heterocycles. The molecule has 7 heteroatoms. The number of benzene rings is 2. The topological polar surface area (TPSA) is 88.2 Å². The van der Waals surface area contributed by atoms with Crippen LogP contribution in [0, 0.1) is 0 Å². The van der Waals surface area contributed by atoms with E-state index in [0.29, 0.717) is 12.2 Å². The van der Waals surface area contributed by atoms with Crippen LogP contribution in [-0.4, -0.2) is 25.9 Å². The van der Waals surface area contributed by atoms with Crippen molar-refractivity contribution in [1.29, 1.82) is 0 Å². The van der Waals surface area contributed by atoms with E-state index < -0.39 is 10.0 Å². The third-order valence-corrected chi connectivity index (χ3v) is 6.67. The quantitative estimate of drug-likeness (QED) is 0.261. The maximum absolute atomic E-state index is 12.6. The number of anilines is 1. The summed E-state index contributed by atoms with van der Waals surface area (Å²) in [6.07, 6.45) is 12.6. The normalized spacial score (nSPS) is 11.4. The van der Waals surface area contributed by atoms with E-state index >= 15 is 0 Å². The highest BCUT2D eigenvalue weighted by molar-refractivity contribution is 7.92. The van der Waals surface area contributed by atoms with Gasteiger partial charge in [0.25, 0.3) is 10.0 Å². The Bertz CT molecular complexity index is 1160. The van der Waals surface area contributed by atoms with Crippen LogP contribution >= 0.6 is 0 Å². The number of carbonyl (C=O) groups excluding carboxylic acids is 1. The van der Waals surface area contributed by atoms with Crippen molar-refractivity contribution in [3.05, 3.63) is 96.3 Å². The number of aryl methyl sites for hydroxylation is 1. The molecule has 0 atom stereocenters. The van der Waals surface area contributed by atoms with Crippen molar-refractivity contribution in [1.82, 2.24) is 10.3 Å². The third kappa shape index (κ3) is 8.83. The highest BCUT2D eigenvalue weighted by Crippen LogP contribution is 2.18. The number of hydrogen-bond donors (Lipinski definition) is 2. The lowest BCUT2D eigenvalue weighted by Crippen LogP contribution is -2.21. The molecule has 0 unspecified atom stereocenters. The van der Waals surface area contributed by atoms with Crippen LogP contribution in [0.15, 0.2) is 90.1 Å². The van der Waals surface area contributed by atoms with Crippen LogP contribution in [0.3, 0.4) is 0 Å². The van der Waals surface area contributed by atoms with E-state index in [4.69, 9.17) is 0 Å². The van der Waals surface area contributed by atoms with Crippen molar-refractivity contribution >= 4 is 27.7 Å². The van der Waals surface area contributed by atoms with Gasteiger partial charge < -0.3 is 5.32 Å². The lowest BCUT2D eigenvalue weighted by atomic mass is 10.1. The minimum Gasteiger partial charge on any atom is -0.353 e. The number of rotatable bonds is 13. The first-order valence-electron chi connectivity index (χ1n) is 11.6. The minimum atomic E-state index is -3.60. The summed E-state index contributed by atoms with van der Waals surface area (Å²) in [5, 5.41) is 2.90. The standard InChI is InChI=1S/C27H31N3O3S/c31-27(18-17-24-13-10-19-28-22-24)29-20-8-3-1-2-5-11-23-12-9-16-26(21-23)34(32,33)30-25-14-6-4-7-15-25/h4,6-7,9-10,12-19,21-22,30H,1-3,5,8,11,20H2,(H,29,31)/b18-17+. The number of carbonyl (C=O) groups is 1. The molecule has 0 bridgehead atoms. The number of pyridine rings is 1. The molecular formula is C27H31N3O3S. The fourth-order valence-electron chi connectivity index (χ4n) is 3.49. The maximum atomic E-state index is 12.6. The monoisotopic (exact) mass is 477 g/mol. The molecule has 0 aliphatic carbocycles. The zero-order valence-electron chi connectivity index (χ0n) is 19.2. The molecule has 0 saturated heterocycles. The summed E-state index contributed by atoms with van der Waals surface area (Å²) in [7, 11) is -3.60. The molecular weight excluding hydrogens is 446 g/mol. The van der Waals surface area contributed by atoms with Crippen LogP contribution in [0.4, 0.5) is 5.69 Å². The van der Waals surface area contributed by atoms with Crippen LogP contribution in [0.2, 0.25) is 0 Å². The van der Waals surface area contributed by atoms with Crippen molar-refractivity contribution in [2.75, 3.05) is 11.3 Å². The number of unbranched alkanes of at least 4 members (excludes halogenated alkanes) is 4. The Labute approximate surface area is 202 Å². The Morgan fingerprint density at radius 1 is 0.882 bits per heavy atom. The van der Waals surface area contributed by atoms with Gasteiger partial charge in [0.2, 0.25) is 5.91 Å². The molecule has 0 fully saturated rings. The van der Waals surface area contributed by atoms with Crippen molar-refractivity contribution in [2.24, 2.45) is 0 Å². The third-order valence-electron chi connectivity index (χ3n) is 5.29. The number of para-hydroxylation sites is 1. The van der Waals surface area contributed by atoms with Gasteiger partial charge in [-0.3, -0.25) is 14.5 Å². The molecule has 3 aromatic rings. The predicted molar refractivity (Wildman–Crippen MR) is 137 cm³/mol. The van der Waals surface area contributed by atoms with Gasteiger partial charge in [0.15, 0.2) is 0 Å². The molecule has 3 rings (SSSR count). The summed E-state index contributed by atoms with van der Waals surface area (Å²) in [5.41, 5.74) is 2.46. The molecule has 6 nitrogen and oxygen atoms in total. The van der Waals surface area contributed by atoms with Crippen molar-refractivity contribution in [3.63, 3.8) is 0 Å². The second-order valence-electron chi connectivity index (χ2n) is 8.05. The number of hydrogen-bond acceptors (Lipinski definition) is 4. The summed E-state index contributed by atoms with van der Waals surface area (Å²) in [6.45, 7) is 0.657. The SMILES string of the molecule is O=C(/C=C/c1cccnc1)NCCCCCCCc1cccc(S(=O)(=O)Nc2ccccc2)c1. The molecule has 2 aromatic carbocycles. The minimum absolute atomic E-state index is 0.0968. The zero-order chi connectivity index (χ0) is 24.1. The van der Waals surface area contributed by atoms with E-state index in [1.807, 2.05) is 24.3 Å². The second kappa shape index (κ2) is 13.3. The van der Waals surface area contributed by atoms with Crippen LogP contribution in [-0.2, 0) is 21.2 Å². The molecule has 1 aromatic heterocycles. The summed E-state index contributed by atoms with van der Waals surface area (Å²) in [6, 6.07) is 19.7. The lowest BCUT2D eigenvalue weighted by molar-refractivity contribution is -0.116. The van der Waals surface area contributed by atoms with Gasteiger partial charge in [-0.05, 0) is 66.8 Å². The molecule has 34 heavy (non-hydrogen) atoms. The van der Waals surface area contributed by atoms with Crippen molar-refractivity contribution < 1.29 is 13.2 Å². The predicted octanol–water partition coefficient (Wildman–Crippen LogP) is 5.21. The first-order valence-corrected chi connectivity index (χ1v) is 13.0. The fraction of sp³-hybridized carbons (Fsp3) is 0.259. The van der Waals surface area contributed by atoms with E-state index in [9.17, 15) is 13.2 Å². The largest absolute Gasteiger partial charge is 0.353 e. The number of sulfonamides is 1. The molecule has 178 valence electrons. The van der Waals surface area contributed by atoms with E-state index in [2.05, 4.69) is 15.0 Å². The van der Waals surface area contributed by atoms with Gasteiger partial charge >= 0.3 is 0 Å². The van der Waals surface area contributed by atoms with E-state index in [0.717, 1.165) is 49.7 Å². The Hall–Kier alpha value is -3.45. The molecule has 0 radical (unpaired) electrons. The smallest absolute Gasteiger partial charge is 0.261 e. The van der Waals surface area contributed by atoms with E-state index in [1.165, 1.54) is 6.08 Å². The van der Waals surface area contributed by atoms with Gasteiger partial charge in [0.1, 0.15) is 0 Å². The van der Waals surface area contributed by atoms with Gasteiger partial charge in [0.05, 0.1) is 4.90 Å².